The van der Waals surface area contributed by atoms with Crippen LogP contribution in [0.4, 0.5) is 0 Å². The summed E-state index contributed by atoms with van der Waals surface area (Å²) in [6, 6.07) is 3.16. The van der Waals surface area contributed by atoms with Crippen LogP contribution in [0, 0.1) is 0 Å². The quantitative estimate of drug-likeness (QED) is 0.681. The zero-order valence-electron chi connectivity index (χ0n) is 5.94. The minimum absolute atomic E-state index is 0.264. The molecule has 11 heavy (non-hydrogen) atoms. The monoisotopic (exact) mass is 169 g/mol. The van der Waals surface area contributed by atoms with E-state index in [4.69, 9.17) is 5.11 Å². The number of carboxylic acids is 1. The molecule has 0 spiro atoms. The van der Waals surface area contributed by atoms with Gasteiger partial charge in [-0.3, -0.25) is 0 Å². The fourth-order valence-corrected chi connectivity index (χ4v) is 1.26. The number of carbonyl (C=O) groups is 1. The zero-order chi connectivity index (χ0) is 8.27. The normalized spacial score (nSPS) is 9.55. The third kappa shape index (κ3) is 1.71. The number of carboxylic acid groups (broad SMARTS) is 1. The van der Waals surface area contributed by atoms with Crippen LogP contribution < -0.4 is 0 Å². The van der Waals surface area contributed by atoms with Gasteiger partial charge in [0.15, 0.2) is 0 Å². The Kier molecular flexibility index (Phi) is 2.48. The van der Waals surface area contributed by atoms with Gasteiger partial charge in [-0.15, -0.1) is 11.8 Å². The molecule has 0 amide bonds. The highest BCUT2D eigenvalue weighted by Gasteiger charge is 2.07. The second-order valence-electron chi connectivity index (χ2n) is 1.87. The predicted octanol–water partition coefficient (Wildman–Crippen LogP) is 1.50. The number of hydrogen-bond acceptors (Lipinski definition) is 3. The van der Waals surface area contributed by atoms with Gasteiger partial charge >= 0.3 is 5.97 Å². The average molecular weight is 169 g/mol. The highest BCUT2D eigenvalue weighted by molar-refractivity contribution is 7.98. The Morgan fingerprint density at radius 2 is 2.45 bits per heavy atom. The maximum Gasteiger partial charge on any atom is 0.338 e. The van der Waals surface area contributed by atoms with Crippen LogP contribution in [0.25, 0.3) is 0 Å². The van der Waals surface area contributed by atoms with E-state index in [1.807, 2.05) is 0 Å². The molecule has 0 aliphatic carbocycles. The van der Waals surface area contributed by atoms with E-state index in [9.17, 15) is 4.79 Å². The number of pyridine rings is 1. The summed E-state index contributed by atoms with van der Waals surface area (Å²) in [6.07, 6.45) is 3.38. The first-order valence-corrected chi connectivity index (χ1v) is 4.20. The van der Waals surface area contributed by atoms with Crippen molar-refractivity contribution in [2.75, 3.05) is 6.26 Å². The summed E-state index contributed by atoms with van der Waals surface area (Å²) in [4.78, 5) is 14.4. The second-order valence-corrected chi connectivity index (χ2v) is 2.66. The van der Waals surface area contributed by atoms with Crippen molar-refractivity contribution in [2.24, 2.45) is 0 Å². The molecule has 0 saturated heterocycles. The van der Waals surface area contributed by atoms with Crippen molar-refractivity contribution in [1.29, 1.82) is 0 Å². The molecular weight excluding hydrogens is 162 g/mol. The molecule has 0 aliphatic rings. The Hall–Kier alpha value is -1.03. The molecule has 1 aromatic heterocycles. The van der Waals surface area contributed by atoms with Gasteiger partial charge in [-0.25, -0.2) is 9.78 Å². The predicted molar refractivity (Wildman–Crippen MR) is 43.0 cm³/mol. The van der Waals surface area contributed by atoms with Gasteiger partial charge in [0.05, 0.1) is 5.56 Å². The van der Waals surface area contributed by atoms with Crippen LogP contribution in [0.3, 0.4) is 0 Å². The van der Waals surface area contributed by atoms with Crippen LogP contribution in [0.5, 0.6) is 0 Å². The SMILES string of the molecule is CSc1ncccc1C(=O)O. The fraction of sp³-hybridized carbons (Fsp3) is 0.143. The number of hydrogen-bond donors (Lipinski definition) is 1. The van der Waals surface area contributed by atoms with E-state index in [-0.39, 0.29) is 5.56 Å². The van der Waals surface area contributed by atoms with E-state index in [0.717, 1.165) is 0 Å². The molecule has 0 saturated carbocycles. The molecule has 4 heteroatoms. The van der Waals surface area contributed by atoms with Crippen LogP contribution in [0.1, 0.15) is 10.4 Å². The Bertz CT molecular complexity index is 275. The molecular formula is C7H7NO2S. The third-order valence-corrected chi connectivity index (χ3v) is 1.91. The zero-order valence-corrected chi connectivity index (χ0v) is 6.76. The second kappa shape index (κ2) is 3.39. The first kappa shape index (κ1) is 8.07. The summed E-state index contributed by atoms with van der Waals surface area (Å²) in [5.74, 6) is -0.928. The van der Waals surface area contributed by atoms with Crippen LogP contribution in [-0.4, -0.2) is 22.3 Å². The Balaban J connectivity index is 3.12. The number of aromatic nitrogens is 1. The molecule has 0 atom stereocenters. The first-order chi connectivity index (χ1) is 5.25. The van der Waals surface area contributed by atoms with Crippen LogP contribution in [0.15, 0.2) is 23.4 Å². The van der Waals surface area contributed by atoms with Crippen LogP contribution in [0.2, 0.25) is 0 Å². The third-order valence-electron chi connectivity index (χ3n) is 1.19. The molecule has 1 rings (SSSR count). The van der Waals surface area contributed by atoms with Crippen molar-refractivity contribution in [3.8, 4) is 0 Å². The number of aromatic carboxylic acids is 1. The largest absolute Gasteiger partial charge is 0.478 e. The topological polar surface area (TPSA) is 50.2 Å². The average Bonchev–Trinajstić information content (AvgIpc) is 2.04. The Labute approximate surface area is 68.5 Å². The van der Waals surface area contributed by atoms with Gasteiger partial charge < -0.3 is 5.11 Å². The van der Waals surface area contributed by atoms with Gasteiger partial charge in [0.2, 0.25) is 0 Å². The molecule has 3 nitrogen and oxygen atoms in total. The van der Waals surface area contributed by atoms with Gasteiger partial charge in [-0.1, -0.05) is 0 Å². The lowest BCUT2D eigenvalue weighted by molar-refractivity contribution is 0.0692. The lowest BCUT2D eigenvalue weighted by atomic mass is 10.3. The minimum atomic E-state index is -0.928. The summed E-state index contributed by atoms with van der Waals surface area (Å²) in [7, 11) is 0. The summed E-state index contributed by atoms with van der Waals surface area (Å²) in [6.45, 7) is 0. The molecule has 0 radical (unpaired) electrons. The maximum absolute atomic E-state index is 10.5. The fourth-order valence-electron chi connectivity index (χ4n) is 0.716. The molecule has 0 aromatic carbocycles. The standard InChI is InChI=1S/C7H7NO2S/c1-11-6-5(7(9)10)3-2-4-8-6/h2-4H,1H3,(H,9,10). The molecule has 1 heterocycles. The molecule has 1 aromatic rings. The highest BCUT2D eigenvalue weighted by Crippen LogP contribution is 2.15. The van der Waals surface area contributed by atoms with Gasteiger partial charge in [-0.2, -0.15) is 0 Å². The van der Waals surface area contributed by atoms with Crippen molar-refractivity contribution in [3.05, 3.63) is 23.9 Å². The molecule has 58 valence electrons. The van der Waals surface area contributed by atoms with E-state index in [1.165, 1.54) is 11.8 Å². The van der Waals surface area contributed by atoms with Crippen LogP contribution >= 0.6 is 11.8 Å². The van der Waals surface area contributed by atoms with E-state index >= 15 is 0 Å². The van der Waals surface area contributed by atoms with Crippen molar-refractivity contribution in [2.45, 2.75) is 5.03 Å². The van der Waals surface area contributed by atoms with Crippen LogP contribution in [-0.2, 0) is 0 Å². The number of rotatable bonds is 2. The van der Waals surface area contributed by atoms with Crippen molar-refractivity contribution >= 4 is 17.7 Å². The lowest BCUT2D eigenvalue weighted by Crippen LogP contribution is -1.99. The van der Waals surface area contributed by atoms with Gasteiger partial charge in [0.1, 0.15) is 5.03 Å². The van der Waals surface area contributed by atoms with Crippen molar-refractivity contribution in [1.82, 2.24) is 4.98 Å². The summed E-state index contributed by atoms with van der Waals surface area (Å²) in [5.41, 5.74) is 0.264. The van der Waals surface area contributed by atoms with Crippen molar-refractivity contribution < 1.29 is 9.90 Å². The van der Waals surface area contributed by atoms with E-state index in [0.29, 0.717) is 5.03 Å². The minimum Gasteiger partial charge on any atom is -0.478 e. The summed E-state index contributed by atoms with van der Waals surface area (Å²) >= 11 is 1.33. The van der Waals surface area contributed by atoms with Gasteiger partial charge in [-0.05, 0) is 18.4 Å². The van der Waals surface area contributed by atoms with Gasteiger partial charge in [0.25, 0.3) is 0 Å². The molecule has 0 bridgehead atoms. The van der Waals surface area contributed by atoms with Gasteiger partial charge in [0, 0.05) is 6.20 Å². The molecule has 0 aliphatic heterocycles. The Morgan fingerprint density at radius 1 is 1.73 bits per heavy atom. The number of thioether (sulfide) groups is 1. The first-order valence-electron chi connectivity index (χ1n) is 2.98. The van der Waals surface area contributed by atoms with E-state index < -0.39 is 5.97 Å². The molecule has 0 fully saturated rings. The van der Waals surface area contributed by atoms with Crippen molar-refractivity contribution in [3.63, 3.8) is 0 Å². The van der Waals surface area contributed by atoms with E-state index in [2.05, 4.69) is 4.98 Å². The smallest absolute Gasteiger partial charge is 0.338 e. The molecule has 0 unspecified atom stereocenters. The lowest BCUT2D eigenvalue weighted by Gasteiger charge is -1.98. The Morgan fingerprint density at radius 3 is 2.91 bits per heavy atom. The maximum atomic E-state index is 10.5. The highest BCUT2D eigenvalue weighted by atomic mass is 32.2. The summed E-state index contributed by atoms with van der Waals surface area (Å²) in [5, 5.41) is 9.20. The molecule has 1 N–H and O–H groups in total. The number of nitrogens with zero attached hydrogens (tertiary/aromatic N) is 1. The van der Waals surface area contributed by atoms with E-state index in [1.54, 1.807) is 24.6 Å². The summed E-state index contributed by atoms with van der Waals surface area (Å²) < 4.78 is 0.